The highest BCUT2D eigenvalue weighted by molar-refractivity contribution is 6.10. The predicted octanol–water partition coefficient (Wildman–Crippen LogP) is 2.93. The van der Waals surface area contributed by atoms with Crippen molar-refractivity contribution in [2.45, 2.75) is 52.0 Å². The van der Waals surface area contributed by atoms with Gasteiger partial charge in [0.05, 0.1) is 22.8 Å². The quantitative estimate of drug-likeness (QED) is 0.759. The molecule has 2 N–H and O–H groups in total. The maximum atomic E-state index is 13.1. The average Bonchev–Trinajstić information content (AvgIpc) is 3.14. The van der Waals surface area contributed by atoms with Crippen LogP contribution in [0, 0.1) is 19.8 Å². The van der Waals surface area contributed by atoms with Gasteiger partial charge in [-0.3, -0.25) is 14.5 Å². The standard InChI is InChI=1S/C22H27N5O3/c1-14-9-7-8-12-22(14)20(29)26(21(30)24-22)13-18(28)23-19-15(2)25-27(16(19)3)17-10-5-4-6-11-17/h4-6,10-11,14H,7-9,12-13H2,1-3H3,(H,23,28)(H,24,30). The number of carbonyl (C=O) groups excluding carboxylic acids is 3. The van der Waals surface area contributed by atoms with Crippen LogP contribution in [0.2, 0.25) is 0 Å². The molecule has 0 radical (unpaired) electrons. The predicted molar refractivity (Wildman–Crippen MR) is 112 cm³/mol. The van der Waals surface area contributed by atoms with Gasteiger partial charge in [0, 0.05) is 0 Å². The zero-order valence-corrected chi connectivity index (χ0v) is 17.6. The first-order valence-corrected chi connectivity index (χ1v) is 10.4. The van der Waals surface area contributed by atoms with Crippen LogP contribution in [-0.2, 0) is 9.59 Å². The van der Waals surface area contributed by atoms with Gasteiger partial charge in [-0.05, 0) is 44.7 Å². The summed E-state index contributed by atoms with van der Waals surface area (Å²) in [6.45, 7) is 5.36. The summed E-state index contributed by atoms with van der Waals surface area (Å²) < 4.78 is 1.76. The molecule has 1 saturated heterocycles. The topological polar surface area (TPSA) is 96.3 Å². The van der Waals surface area contributed by atoms with Crippen LogP contribution in [0.25, 0.3) is 5.69 Å². The van der Waals surface area contributed by atoms with Crippen molar-refractivity contribution in [1.82, 2.24) is 20.0 Å². The fourth-order valence-corrected chi connectivity index (χ4v) is 4.61. The minimum Gasteiger partial charge on any atom is -0.323 e. The smallest absolute Gasteiger partial charge is 0.323 e. The van der Waals surface area contributed by atoms with Gasteiger partial charge in [0.1, 0.15) is 12.1 Å². The minimum atomic E-state index is -0.861. The molecule has 2 unspecified atom stereocenters. The summed E-state index contributed by atoms with van der Waals surface area (Å²) in [5.41, 5.74) is 2.07. The van der Waals surface area contributed by atoms with Crippen LogP contribution in [0.4, 0.5) is 10.5 Å². The van der Waals surface area contributed by atoms with Gasteiger partial charge in [0.15, 0.2) is 0 Å². The molecule has 4 amide bonds. The molecule has 4 rings (SSSR count). The maximum absolute atomic E-state index is 13.1. The number of benzene rings is 1. The molecule has 2 heterocycles. The summed E-state index contributed by atoms with van der Waals surface area (Å²) in [5.74, 6) is -0.648. The molecule has 1 saturated carbocycles. The van der Waals surface area contributed by atoms with E-state index in [9.17, 15) is 14.4 Å². The summed E-state index contributed by atoms with van der Waals surface area (Å²) >= 11 is 0. The Kier molecular flexibility index (Phi) is 5.09. The van der Waals surface area contributed by atoms with Crippen LogP contribution in [0.15, 0.2) is 30.3 Å². The van der Waals surface area contributed by atoms with E-state index < -0.39 is 17.5 Å². The second kappa shape index (κ2) is 7.59. The molecule has 8 nitrogen and oxygen atoms in total. The number of amides is 4. The Balaban J connectivity index is 1.50. The normalized spacial score (nSPS) is 23.7. The van der Waals surface area contributed by atoms with Crippen LogP contribution in [0.5, 0.6) is 0 Å². The summed E-state index contributed by atoms with van der Waals surface area (Å²) in [6.07, 6.45) is 3.46. The van der Waals surface area contributed by atoms with E-state index in [1.807, 2.05) is 51.1 Å². The number of rotatable bonds is 4. The molecule has 2 atom stereocenters. The third-order valence-corrected chi connectivity index (χ3v) is 6.36. The molecule has 0 bridgehead atoms. The highest BCUT2D eigenvalue weighted by Crippen LogP contribution is 2.38. The number of nitrogens with zero attached hydrogens (tertiary/aromatic N) is 3. The van der Waals surface area contributed by atoms with E-state index in [2.05, 4.69) is 15.7 Å². The summed E-state index contributed by atoms with van der Waals surface area (Å²) in [7, 11) is 0. The lowest BCUT2D eigenvalue weighted by Crippen LogP contribution is -2.54. The number of urea groups is 1. The molecule has 8 heteroatoms. The third-order valence-electron chi connectivity index (χ3n) is 6.36. The largest absolute Gasteiger partial charge is 0.325 e. The number of hydrogen-bond acceptors (Lipinski definition) is 4. The molecule has 1 aliphatic carbocycles. The highest BCUT2D eigenvalue weighted by Gasteiger charge is 2.55. The van der Waals surface area contributed by atoms with Gasteiger partial charge >= 0.3 is 6.03 Å². The van der Waals surface area contributed by atoms with Gasteiger partial charge in [-0.1, -0.05) is 38.0 Å². The lowest BCUT2D eigenvalue weighted by molar-refractivity contribution is -0.136. The fourth-order valence-electron chi connectivity index (χ4n) is 4.61. The molecule has 2 aliphatic rings. The van der Waals surface area contributed by atoms with Crippen molar-refractivity contribution < 1.29 is 14.4 Å². The van der Waals surface area contributed by atoms with Crippen molar-refractivity contribution >= 4 is 23.5 Å². The van der Waals surface area contributed by atoms with Gasteiger partial charge < -0.3 is 10.6 Å². The van der Waals surface area contributed by atoms with Crippen molar-refractivity contribution in [3.63, 3.8) is 0 Å². The fraction of sp³-hybridized carbons (Fsp3) is 0.455. The summed E-state index contributed by atoms with van der Waals surface area (Å²) in [4.78, 5) is 39.4. The SMILES string of the molecule is Cc1nn(-c2ccccc2)c(C)c1NC(=O)CN1C(=O)NC2(CCCCC2C)C1=O. The highest BCUT2D eigenvalue weighted by atomic mass is 16.2. The molecule has 1 spiro atoms. The average molecular weight is 409 g/mol. The Morgan fingerprint density at radius 3 is 2.67 bits per heavy atom. The monoisotopic (exact) mass is 409 g/mol. The molecular weight excluding hydrogens is 382 g/mol. The van der Waals surface area contributed by atoms with E-state index in [0.717, 1.165) is 35.5 Å². The second-order valence-electron chi connectivity index (χ2n) is 8.28. The number of nitrogens with one attached hydrogen (secondary N) is 2. The Morgan fingerprint density at radius 2 is 1.97 bits per heavy atom. The molecule has 1 aromatic carbocycles. The zero-order chi connectivity index (χ0) is 21.5. The summed E-state index contributed by atoms with van der Waals surface area (Å²) in [5, 5.41) is 10.2. The molecule has 2 fully saturated rings. The van der Waals surface area contributed by atoms with E-state index >= 15 is 0 Å². The first-order valence-electron chi connectivity index (χ1n) is 10.4. The Hall–Kier alpha value is -3.16. The van der Waals surface area contributed by atoms with Gasteiger partial charge in [-0.25, -0.2) is 9.48 Å². The zero-order valence-electron chi connectivity index (χ0n) is 17.6. The number of carbonyl (C=O) groups is 3. The van der Waals surface area contributed by atoms with Crippen molar-refractivity contribution in [2.24, 2.45) is 5.92 Å². The van der Waals surface area contributed by atoms with Crippen LogP contribution in [-0.4, -0.2) is 44.6 Å². The van der Waals surface area contributed by atoms with Crippen molar-refractivity contribution in [1.29, 1.82) is 0 Å². The van der Waals surface area contributed by atoms with Crippen LogP contribution >= 0.6 is 0 Å². The van der Waals surface area contributed by atoms with E-state index in [0.29, 0.717) is 17.8 Å². The second-order valence-corrected chi connectivity index (χ2v) is 8.28. The van der Waals surface area contributed by atoms with Crippen LogP contribution in [0.3, 0.4) is 0 Å². The van der Waals surface area contributed by atoms with Crippen LogP contribution in [0.1, 0.15) is 44.0 Å². The van der Waals surface area contributed by atoms with Gasteiger partial charge in [0.2, 0.25) is 5.91 Å². The number of imide groups is 1. The third kappa shape index (κ3) is 3.26. The number of anilines is 1. The Morgan fingerprint density at radius 1 is 1.23 bits per heavy atom. The number of para-hydroxylation sites is 1. The van der Waals surface area contributed by atoms with E-state index in [1.54, 1.807) is 4.68 Å². The summed E-state index contributed by atoms with van der Waals surface area (Å²) in [6, 6.07) is 9.15. The van der Waals surface area contributed by atoms with Gasteiger partial charge in [0.25, 0.3) is 5.91 Å². The molecule has 158 valence electrons. The van der Waals surface area contributed by atoms with E-state index in [4.69, 9.17) is 0 Å². The van der Waals surface area contributed by atoms with Crippen molar-refractivity contribution in [2.75, 3.05) is 11.9 Å². The van der Waals surface area contributed by atoms with Gasteiger partial charge in [-0.15, -0.1) is 0 Å². The van der Waals surface area contributed by atoms with Gasteiger partial charge in [-0.2, -0.15) is 5.10 Å². The van der Waals surface area contributed by atoms with Crippen LogP contribution < -0.4 is 10.6 Å². The first kappa shape index (κ1) is 20.1. The first-order chi connectivity index (χ1) is 14.3. The molecule has 1 aromatic heterocycles. The Bertz CT molecular complexity index is 1000. The number of aromatic nitrogens is 2. The molecule has 1 aliphatic heterocycles. The van der Waals surface area contributed by atoms with Crippen molar-refractivity contribution in [3.8, 4) is 5.69 Å². The molecule has 30 heavy (non-hydrogen) atoms. The maximum Gasteiger partial charge on any atom is 0.325 e. The Labute approximate surface area is 175 Å². The number of aryl methyl sites for hydroxylation is 1. The van der Waals surface area contributed by atoms with Crippen molar-refractivity contribution in [3.05, 3.63) is 41.7 Å². The lowest BCUT2D eigenvalue weighted by atomic mass is 9.73. The number of hydrogen-bond donors (Lipinski definition) is 2. The molecule has 2 aromatic rings. The van der Waals surface area contributed by atoms with E-state index in [1.165, 1.54) is 0 Å². The molecular formula is C22H27N5O3. The minimum absolute atomic E-state index is 0.0596. The lowest BCUT2D eigenvalue weighted by Gasteiger charge is -2.36. The van der Waals surface area contributed by atoms with E-state index in [-0.39, 0.29) is 18.4 Å².